The van der Waals surface area contributed by atoms with E-state index in [1.165, 1.54) is 19.3 Å². The molecule has 0 saturated heterocycles. The molecule has 1 heteroatoms. The second kappa shape index (κ2) is 5.89. The summed E-state index contributed by atoms with van der Waals surface area (Å²) in [6.07, 6.45) is 4.12. The van der Waals surface area contributed by atoms with Crippen molar-refractivity contribution in [1.29, 1.82) is 0 Å². The molecule has 92 valence electrons. The normalized spacial score (nSPS) is 15.4. The quantitative estimate of drug-likeness (QED) is 0.605. The van der Waals surface area contributed by atoms with E-state index >= 15 is 0 Å². The van der Waals surface area contributed by atoms with E-state index in [9.17, 15) is 0 Å². The highest BCUT2D eigenvalue weighted by atomic mass is 16.5. The first-order chi connectivity index (χ1) is 6.63. The van der Waals surface area contributed by atoms with Crippen LogP contribution in [0, 0.1) is 10.8 Å². The van der Waals surface area contributed by atoms with E-state index in [1.807, 2.05) is 0 Å². The average Bonchev–Trinajstić information content (AvgIpc) is 1.99. The monoisotopic (exact) mass is 214 g/mol. The molecule has 0 saturated carbocycles. The lowest BCUT2D eigenvalue weighted by Gasteiger charge is -2.27. The maximum atomic E-state index is 5.82. The van der Waals surface area contributed by atoms with E-state index in [-0.39, 0.29) is 5.41 Å². The van der Waals surface area contributed by atoms with Crippen molar-refractivity contribution in [3.05, 3.63) is 0 Å². The van der Waals surface area contributed by atoms with E-state index < -0.39 is 0 Å². The zero-order valence-electron chi connectivity index (χ0n) is 11.8. The van der Waals surface area contributed by atoms with Gasteiger partial charge in [0.2, 0.25) is 0 Å². The number of unbranched alkanes of at least 4 members (excludes halogenated alkanes) is 1. The first-order valence-corrected chi connectivity index (χ1v) is 6.24. The van der Waals surface area contributed by atoms with Crippen LogP contribution in [0.1, 0.15) is 67.7 Å². The number of ether oxygens (including phenoxy) is 1. The smallest absolute Gasteiger partial charge is 0.0595 e. The third-order valence-corrected chi connectivity index (χ3v) is 2.91. The SMILES string of the molecule is C[C@H](OCCCCC(C)(C)C)C(C)(C)C. The van der Waals surface area contributed by atoms with Crippen molar-refractivity contribution in [2.45, 2.75) is 73.8 Å². The number of hydrogen-bond donors (Lipinski definition) is 0. The Labute approximate surface area is 96.6 Å². The van der Waals surface area contributed by atoms with Crippen molar-refractivity contribution in [2.24, 2.45) is 10.8 Å². The Bertz CT molecular complexity index is 159. The van der Waals surface area contributed by atoms with Gasteiger partial charge in [-0.2, -0.15) is 0 Å². The fraction of sp³-hybridized carbons (Fsp3) is 1.00. The Kier molecular flexibility index (Phi) is 5.87. The molecule has 0 bridgehead atoms. The van der Waals surface area contributed by atoms with Crippen LogP contribution in [0.15, 0.2) is 0 Å². The summed E-state index contributed by atoms with van der Waals surface area (Å²) in [5, 5.41) is 0. The van der Waals surface area contributed by atoms with Gasteiger partial charge in [-0.15, -0.1) is 0 Å². The molecule has 0 aliphatic carbocycles. The molecule has 15 heavy (non-hydrogen) atoms. The maximum absolute atomic E-state index is 5.82. The van der Waals surface area contributed by atoms with Crippen molar-refractivity contribution in [3.63, 3.8) is 0 Å². The molecular weight excluding hydrogens is 184 g/mol. The Morgan fingerprint density at radius 2 is 1.47 bits per heavy atom. The van der Waals surface area contributed by atoms with Crippen molar-refractivity contribution in [2.75, 3.05) is 6.61 Å². The predicted molar refractivity (Wildman–Crippen MR) is 68.2 cm³/mol. The van der Waals surface area contributed by atoms with Gasteiger partial charge < -0.3 is 4.74 Å². The Morgan fingerprint density at radius 3 is 1.87 bits per heavy atom. The molecule has 0 aliphatic rings. The molecule has 0 amide bonds. The van der Waals surface area contributed by atoms with Crippen LogP contribution in [0.4, 0.5) is 0 Å². The molecule has 0 radical (unpaired) electrons. The van der Waals surface area contributed by atoms with Gasteiger partial charge in [0.25, 0.3) is 0 Å². The second-order valence-electron chi connectivity index (χ2n) is 6.90. The van der Waals surface area contributed by atoms with E-state index in [1.54, 1.807) is 0 Å². The zero-order chi connectivity index (χ0) is 12.1. The van der Waals surface area contributed by atoms with Crippen LogP contribution < -0.4 is 0 Å². The van der Waals surface area contributed by atoms with Gasteiger partial charge in [-0.25, -0.2) is 0 Å². The van der Waals surface area contributed by atoms with E-state index in [0.717, 1.165) is 6.61 Å². The summed E-state index contributed by atoms with van der Waals surface area (Å²) in [6.45, 7) is 16.7. The van der Waals surface area contributed by atoms with Crippen LogP contribution >= 0.6 is 0 Å². The summed E-state index contributed by atoms with van der Waals surface area (Å²) in [5.74, 6) is 0. The maximum Gasteiger partial charge on any atom is 0.0595 e. The van der Waals surface area contributed by atoms with Crippen molar-refractivity contribution >= 4 is 0 Å². The lowest BCUT2D eigenvalue weighted by molar-refractivity contribution is -0.00694. The standard InChI is InChI=1S/C14H30O/c1-12(14(5,6)7)15-11-9-8-10-13(2,3)4/h12H,8-11H2,1-7H3/t12-/m0/s1. The van der Waals surface area contributed by atoms with Crippen LogP contribution in [0.5, 0.6) is 0 Å². The van der Waals surface area contributed by atoms with E-state index in [4.69, 9.17) is 4.74 Å². The van der Waals surface area contributed by atoms with E-state index in [0.29, 0.717) is 11.5 Å². The molecular formula is C14H30O. The minimum atomic E-state index is 0.268. The summed E-state index contributed by atoms with van der Waals surface area (Å²) in [5.41, 5.74) is 0.736. The Hall–Kier alpha value is -0.0400. The van der Waals surface area contributed by atoms with Crippen LogP contribution in [-0.2, 0) is 4.74 Å². The van der Waals surface area contributed by atoms with Crippen LogP contribution in [0.25, 0.3) is 0 Å². The van der Waals surface area contributed by atoms with Crippen LogP contribution in [0.2, 0.25) is 0 Å². The van der Waals surface area contributed by atoms with Gasteiger partial charge in [0.1, 0.15) is 0 Å². The fourth-order valence-corrected chi connectivity index (χ4v) is 1.27. The topological polar surface area (TPSA) is 9.23 Å². The van der Waals surface area contributed by atoms with Gasteiger partial charge in [0.15, 0.2) is 0 Å². The summed E-state index contributed by atoms with van der Waals surface area (Å²) in [7, 11) is 0. The highest BCUT2D eigenvalue weighted by Gasteiger charge is 2.20. The van der Waals surface area contributed by atoms with Gasteiger partial charge >= 0.3 is 0 Å². The Balaban J connectivity index is 3.48. The van der Waals surface area contributed by atoms with Gasteiger partial charge in [0, 0.05) is 6.61 Å². The minimum absolute atomic E-state index is 0.268. The summed E-state index contributed by atoms with van der Waals surface area (Å²) < 4.78 is 5.82. The first-order valence-electron chi connectivity index (χ1n) is 6.24. The Morgan fingerprint density at radius 1 is 0.933 bits per heavy atom. The summed E-state index contributed by atoms with van der Waals surface area (Å²) in [4.78, 5) is 0. The average molecular weight is 214 g/mol. The molecule has 1 atom stereocenters. The highest BCUT2D eigenvalue weighted by molar-refractivity contribution is 4.69. The molecule has 0 heterocycles. The third kappa shape index (κ3) is 8.92. The third-order valence-electron chi connectivity index (χ3n) is 2.91. The fourth-order valence-electron chi connectivity index (χ4n) is 1.27. The van der Waals surface area contributed by atoms with Crippen molar-refractivity contribution < 1.29 is 4.74 Å². The zero-order valence-corrected chi connectivity index (χ0v) is 11.8. The molecule has 1 nitrogen and oxygen atoms in total. The summed E-state index contributed by atoms with van der Waals surface area (Å²) >= 11 is 0. The van der Waals surface area contributed by atoms with Gasteiger partial charge in [-0.3, -0.25) is 0 Å². The molecule has 0 rings (SSSR count). The molecule has 0 N–H and O–H groups in total. The predicted octanol–water partition coefficient (Wildman–Crippen LogP) is 4.65. The van der Waals surface area contributed by atoms with Crippen LogP contribution in [0.3, 0.4) is 0 Å². The molecule has 0 aliphatic heterocycles. The molecule has 0 aromatic rings. The van der Waals surface area contributed by atoms with Crippen LogP contribution in [-0.4, -0.2) is 12.7 Å². The molecule has 0 fully saturated rings. The van der Waals surface area contributed by atoms with Crippen molar-refractivity contribution in [1.82, 2.24) is 0 Å². The largest absolute Gasteiger partial charge is 0.378 e. The summed E-state index contributed by atoms with van der Waals surface area (Å²) in [6, 6.07) is 0. The lowest BCUT2D eigenvalue weighted by Crippen LogP contribution is -2.26. The molecule has 0 aromatic heterocycles. The minimum Gasteiger partial charge on any atom is -0.378 e. The van der Waals surface area contributed by atoms with Gasteiger partial charge in [0.05, 0.1) is 6.10 Å². The second-order valence-corrected chi connectivity index (χ2v) is 6.90. The molecule has 0 unspecified atom stereocenters. The molecule has 0 spiro atoms. The van der Waals surface area contributed by atoms with E-state index in [2.05, 4.69) is 48.5 Å². The van der Waals surface area contributed by atoms with Crippen molar-refractivity contribution in [3.8, 4) is 0 Å². The van der Waals surface area contributed by atoms with Gasteiger partial charge in [-0.05, 0) is 30.6 Å². The molecule has 0 aromatic carbocycles. The van der Waals surface area contributed by atoms with Gasteiger partial charge in [-0.1, -0.05) is 48.0 Å². The lowest BCUT2D eigenvalue weighted by atomic mass is 9.89. The number of hydrogen-bond acceptors (Lipinski definition) is 1. The number of rotatable bonds is 5. The highest BCUT2D eigenvalue weighted by Crippen LogP contribution is 2.23. The first kappa shape index (κ1) is 15.0.